The minimum absolute atomic E-state index is 0.324. The van der Waals surface area contributed by atoms with Crippen LogP contribution in [0.2, 0.25) is 0 Å². The molecule has 4 rings (SSSR count). The van der Waals surface area contributed by atoms with E-state index in [2.05, 4.69) is 17.7 Å². The monoisotopic (exact) mass is 444 g/mol. The van der Waals surface area contributed by atoms with E-state index in [1.54, 1.807) is 6.07 Å². The molecule has 3 aromatic carbocycles. The molecule has 1 aliphatic carbocycles. The lowest BCUT2D eigenvalue weighted by atomic mass is 9.78. The van der Waals surface area contributed by atoms with Gasteiger partial charge in [0.25, 0.3) is 0 Å². The number of hydrogen-bond acceptors (Lipinski definition) is 1. The maximum absolute atomic E-state index is 15.2. The molecule has 1 nitrogen and oxygen atoms in total. The fourth-order valence-electron chi connectivity index (χ4n) is 4.86. The number of ether oxygens (including phenoxy) is 1. The highest BCUT2D eigenvalue weighted by Gasteiger charge is 2.31. The highest BCUT2D eigenvalue weighted by atomic mass is 19.4. The minimum atomic E-state index is -4.75. The van der Waals surface area contributed by atoms with Gasteiger partial charge in [-0.1, -0.05) is 81.5 Å². The molecule has 0 amide bonds. The first kappa shape index (κ1) is 22.6. The Morgan fingerprint density at radius 3 is 2.22 bits per heavy atom. The summed E-state index contributed by atoms with van der Waals surface area (Å²) in [5, 5.41) is 1.36. The fourth-order valence-corrected chi connectivity index (χ4v) is 4.86. The van der Waals surface area contributed by atoms with Crippen molar-refractivity contribution >= 4 is 10.8 Å². The Morgan fingerprint density at radius 2 is 1.56 bits per heavy atom. The van der Waals surface area contributed by atoms with Gasteiger partial charge in [0.1, 0.15) is 11.6 Å². The van der Waals surface area contributed by atoms with Gasteiger partial charge in [-0.15, -0.1) is 13.2 Å². The van der Waals surface area contributed by atoms with Crippen molar-refractivity contribution in [2.45, 2.75) is 58.2 Å². The topological polar surface area (TPSA) is 9.23 Å². The predicted octanol–water partition coefficient (Wildman–Crippen LogP) is 8.69. The van der Waals surface area contributed by atoms with Gasteiger partial charge in [-0.2, -0.15) is 0 Å². The van der Waals surface area contributed by atoms with E-state index < -0.39 is 6.36 Å². The predicted molar refractivity (Wildman–Crippen MR) is 120 cm³/mol. The zero-order valence-electron chi connectivity index (χ0n) is 18.2. The molecule has 0 spiro atoms. The summed E-state index contributed by atoms with van der Waals surface area (Å²) in [6.45, 7) is 2.28. The van der Waals surface area contributed by atoms with Gasteiger partial charge in [-0.05, 0) is 53.3 Å². The second-order valence-electron chi connectivity index (χ2n) is 8.89. The van der Waals surface area contributed by atoms with Crippen LogP contribution in [0.15, 0.2) is 54.6 Å². The van der Waals surface area contributed by atoms with Crippen LogP contribution < -0.4 is 4.74 Å². The number of aryl methyl sites for hydroxylation is 1. The number of alkyl halides is 3. The highest BCUT2D eigenvalue weighted by molar-refractivity contribution is 5.88. The molecule has 0 N–H and O–H groups in total. The normalized spacial score (nSPS) is 19.3. The summed E-state index contributed by atoms with van der Waals surface area (Å²) < 4.78 is 56.1. The van der Waals surface area contributed by atoms with Crippen LogP contribution in [0.25, 0.3) is 21.9 Å². The first-order valence-corrected chi connectivity index (χ1v) is 11.4. The van der Waals surface area contributed by atoms with Crippen molar-refractivity contribution < 1.29 is 22.3 Å². The largest absolute Gasteiger partial charge is 0.573 e. The molecule has 0 aliphatic heterocycles. The molecular weight excluding hydrogens is 416 g/mol. The van der Waals surface area contributed by atoms with Crippen molar-refractivity contribution in [2.75, 3.05) is 0 Å². The molecule has 1 fully saturated rings. The SMILES string of the molecule is CC[C@H]1CC[C@H](CCc2ccc3c(F)c(-c4ccc(OC(F)(F)F)cc4)ccc3c2)CC1. The van der Waals surface area contributed by atoms with E-state index in [1.165, 1.54) is 68.4 Å². The Labute approximate surface area is 186 Å². The Hall–Kier alpha value is -2.56. The number of benzene rings is 3. The molecule has 0 heterocycles. The van der Waals surface area contributed by atoms with Gasteiger partial charge in [-0.3, -0.25) is 0 Å². The lowest BCUT2D eigenvalue weighted by Crippen LogP contribution is -2.16. The van der Waals surface area contributed by atoms with Crippen molar-refractivity contribution in [3.8, 4) is 16.9 Å². The first-order chi connectivity index (χ1) is 15.3. The van der Waals surface area contributed by atoms with E-state index in [-0.39, 0.29) is 11.6 Å². The molecule has 0 radical (unpaired) electrons. The maximum atomic E-state index is 15.2. The summed E-state index contributed by atoms with van der Waals surface area (Å²) >= 11 is 0. The highest BCUT2D eigenvalue weighted by Crippen LogP contribution is 2.34. The van der Waals surface area contributed by atoms with Gasteiger partial charge in [0.2, 0.25) is 0 Å². The van der Waals surface area contributed by atoms with Gasteiger partial charge >= 0.3 is 6.36 Å². The fraction of sp³-hybridized carbons (Fsp3) is 0.407. The van der Waals surface area contributed by atoms with Crippen molar-refractivity contribution in [3.63, 3.8) is 0 Å². The summed E-state index contributed by atoms with van der Waals surface area (Å²) in [6, 6.07) is 14.7. The first-order valence-electron chi connectivity index (χ1n) is 11.4. The molecule has 0 bridgehead atoms. The Morgan fingerprint density at radius 1 is 0.875 bits per heavy atom. The van der Waals surface area contributed by atoms with E-state index >= 15 is 4.39 Å². The second-order valence-corrected chi connectivity index (χ2v) is 8.89. The van der Waals surface area contributed by atoms with E-state index in [0.717, 1.165) is 23.6 Å². The van der Waals surface area contributed by atoms with E-state index in [4.69, 9.17) is 0 Å². The molecule has 1 aliphatic rings. The lowest BCUT2D eigenvalue weighted by molar-refractivity contribution is -0.274. The number of hydrogen-bond donors (Lipinski definition) is 0. The molecule has 1 saturated carbocycles. The summed E-state index contributed by atoms with van der Waals surface area (Å²) in [6.07, 6.45) is 4.04. The molecule has 5 heteroatoms. The van der Waals surface area contributed by atoms with Crippen molar-refractivity contribution in [1.29, 1.82) is 0 Å². The van der Waals surface area contributed by atoms with Gasteiger partial charge in [0.15, 0.2) is 0 Å². The van der Waals surface area contributed by atoms with E-state index in [0.29, 0.717) is 16.5 Å². The Kier molecular flexibility index (Phi) is 6.73. The molecule has 0 saturated heterocycles. The summed E-state index contributed by atoms with van der Waals surface area (Å²) in [5.41, 5.74) is 2.08. The summed E-state index contributed by atoms with van der Waals surface area (Å²) in [7, 11) is 0. The standard InChI is InChI=1S/C27H28F4O/c1-2-18-3-5-19(6-4-18)7-8-20-9-15-25-22(17-20)12-16-24(26(25)28)21-10-13-23(14-11-21)32-27(29,30)31/h9-19H,2-8H2,1H3/t18-,19-. The molecular formula is C27H28F4O. The summed E-state index contributed by atoms with van der Waals surface area (Å²) in [4.78, 5) is 0. The Bertz CT molecular complexity index is 1050. The van der Waals surface area contributed by atoms with Crippen LogP contribution in [0.3, 0.4) is 0 Å². The van der Waals surface area contributed by atoms with Crippen LogP contribution >= 0.6 is 0 Å². The van der Waals surface area contributed by atoms with Crippen LogP contribution in [0.4, 0.5) is 17.6 Å². The van der Waals surface area contributed by atoms with Crippen LogP contribution in [0.5, 0.6) is 5.75 Å². The third-order valence-corrected chi connectivity index (χ3v) is 6.80. The third kappa shape index (κ3) is 5.43. The van der Waals surface area contributed by atoms with Gasteiger partial charge in [0, 0.05) is 10.9 Å². The second kappa shape index (κ2) is 9.51. The smallest absolute Gasteiger partial charge is 0.406 e. The zero-order chi connectivity index (χ0) is 22.7. The number of halogens is 4. The Balaban J connectivity index is 1.46. The number of rotatable bonds is 6. The average Bonchev–Trinajstić information content (AvgIpc) is 2.78. The molecule has 32 heavy (non-hydrogen) atoms. The van der Waals surface area contributed by atoms with Crippen molar-refractivity contribution in [3.05, 3.63) is 66.0 Å². The van der Waals surface area contributed by atoms with E-state index in [9.17, 15) is 13.2 Å². The molecule has 0 aromatic heterocycles. The molecule has 170 valence electrons. The molecule has 0 atom stereocenters. The van der Waals surface area contributed by atoms with Gasteiger partial charge in [-0.25, -0.2) is 4.39 Å². The minimum Gasteiger partial charge on any atom is -0.406 e. The average molecular weight is 445 g/mol. The van der Waals surface area contributed by atoms with Crippen LogP contribution in [-0.2, 0) is 6.42 Å². The molecule has 3 aromatic rings. The lowest BCUT2D eigenvalue weighted by Gasteiger charge is -2.27. The summed E-state index contributed by atoms with van der Waals surface area (Å²) in [5.74, 6) is 1.00. The van der Waals surface area contributed by atoms with Crippen LogP contribution in [0.1, 0.15) is 51.0 Å². The van der Waals surface area contributed by atoms with Crippen LogP contribution in [-0.4, -0.2) is 6.36 Å². The van der Waals surface area contributed by atoms with Crippen LogP contribution in [0, 0.1) is 17.7 Å². The zero-order valence-corrected chi connectivity index (χ0v) is 18.2. The van der Waals surface area contributed by atoms with Crippen molar-refractivity contribution in [2.24, 2.45) is 11.8 Å². The number of fused-ring (bicyclic) bond motifs is 1. The van der Waals surface area contributed by atoms with E-state index in [1.807, 2.05) is 18.2 Å². The third-order valence-electron chi connectivity index (χ3n) is 6.80. The molecule has 0 unspecified atom stereocenters. The maximum Gasteiger partial charge on any atom is 0.573 e. The van der Waals surface area contributed by atoms with Gasteiger partial charge in [0.05, 0.1) is 0 Å². The quantitative estimate of drug-likeness (QED) is 0.346. The van der Waals surface area contributed by atoms with Crippen molar-refractivity contribution in [1.82, 2.24) is 0 Å². The van der Waals surface area contributed by atoms with Gasteiger partial charge < -0.3 is 4.74 Å².